The van der Waals surface area contributed by atoms with E-state index < -0.39 is 5.97 Å². The molecular weight excluding hydrogens is 246 g/mol. The second kappa shape index (κ2) is 4.65. The minimum absolute atomic E-state index is 0.0297. The van der Waals surface area contributed by atoms with Crippen LogP contribution in [0.5, 0.6) is 0 Å². The van der Waals surface area contributed by atoms with Crippen LogP contribution in [0.1, 0.15) is 43.8 Å². The SMILES string of the molecule is CC1(C)CN(Cc2ccoc2C(=O)O)CC(C)(C)O1. The van der Waals surface area contributed by atoms with Crippen LogP contribution in [0.25, 0.3) is 0 Å². The molecule has 1 aliphatic heterocycles. The second-order valence-corrected chi connectivity index (χ2v) is 6.35. The van der Waals surface area contributed by atoms with E-state index in [4.69, 9.17) is 14.3 Å². The molecule has 0 atom stereocenters. The molecule has 2 heterocycles. The van der Waals surface area contributed by atoms with Crippen molar-refractivity contribution in [2.45, 2.75) is 45.4 Å². The molecule has 1 aromatic rings. The fourth-order valence-corrected chi connectivity index (χ4v) is 2.95. The molecule has 0 aliphatic carbocycles. The first-order chi connectivity index (χ1) is 8.69. The number of hydrogen-bond donors (Lipinski definition) is 1. The number of hydrogen-bond acceptors (Lipinski definition) is 4. The molecular formula is C14H21NO4. The highest BCUT2D eigenvalue weighted by Crippen LogP contribution is 2.29. The lowest BCUT2D eigenvalue weighted by atomic mass is 9.98. The zero-order valence-corrected chi connectivity index (χ0v) is 11.9. The highest BCUT2D eigenvalue weighted by Gasteiger charge is 2.38. The molecule has 0 unspecified atom stereocenters. The van der Waals surface area contributed by atoms with E-state index in [0.29, 0.717) is 12.1 Å². The van der Waals surface area contributed by atoms with Crippen LogP contribution in [0.3, 0.4) is 0 Å². The second-order valence-electron chi connectivity index (χ2n) is 6.35. The quantitative estimate of drug-likeness (QED) is 0.911. The molecule has 0 amide bonds. The minimum Gasteiger partial charge on any atom is -0.475 e. The van der Waals surface area contributed by atoms with E-state index in [1.807, 2.05) is 27.7 Å². The van der Waals surface area contributed by atoms with Crippen LogP contribution in [0, 0.1) is 0 Å². The monoisotopic (exact) mass is 267 g/mol. The van der Waals surface area contributed by atoms with E-state index in [0.717, 1.165) is 13.1 Å². The normalized spacial score (nSPS) is 22.3. The standard InChI is InChI=1S/C14H21NO4/c1-13(2)8-15(9-14(3,4)19-13)7-10-5-6-18-11(10)12(16)17/h5-6H,7-9H2,1-4H3,(H,16,17). The summed E-state index contributed by atoms with van der Waals surface area (Å²) in [6.07, 6.45) is 1.43. The Balaban J connectivity index is 2.14. The van der Waals surface area contributed by atoms with Gasteiger partial charge in [0.25, 0.3) is 0 Å². The Hall–Kier alpha value is -1.33. The average molecular weight is 267 g/mol. The predicted molar refractivity (Wildman–Crippen MR) is 70.2 cm³/mol. The summed E-state index contributed by atoms with van der Waals surface area (Å²) in [5, 5.41) is 9.05. The Bertz CT molecular complexity index is 460. The van der Waals surface area contributed by atoms with Crippen LogP contribution in [-0.4, -0.2) is 40.3 Å². The lowest BCUT2D eigenvalue weighted by Crippen LogP contribution is -2.56. The Kier molecular flexibility index (Phi) is 3.45. The molecule has 5 heteroatoms. The van der Waals surface area contributed by atoms with Gasteiger partial charge in [0.05, 0.1) is 17.5 Å². The van der Waals surface area contributed by atoms with E-state index in [2.05, 4.69) is 4.90 Å². The number of carboxylic acids is 1. The van der Waals surface area contributed by atoms with Gasteiger partial charge in [-0.05, 0) is 33.8 Å². The van der Waals surface area contributed by atoms with Gasteiger partial charge in [0, 0.05) is 25.2 Å². The number of carboxylic acid groups (broad SMARTS) is 1. The molecule has 1 aromatic heterocycles. The van der Waals surface area contributed by atoms with Crippen LogP contribution < -0.4 is 0 Å². The molecule has 1 N–H and O–H groups in total. The molecule has 0 saturated carbocycles. The van der Waals surface area contributed by atoms with Crippen molar-refractivity contribution < 1.29 is 19.1 Å². The van der Waals surface area contributed by atoms with Crippen LogP contribution >= 0.6 is 0 Å². The first-order valence-corrected chi connectivity index (χ1v) is 6.41. The van der Waals surface area contributed by atoms with Crippen molar-refractivity contribution >= 4 is 5.97 Å². The average Bonchev–Trinajstić information content (AvgIpc) is 2.60. The van der Waals surface area contributed by atoms with Crippen molar-refractivity contribution in [1.82, 2.24) is 4.90 Å². The van der Waals surface area contributed by atoms with E-state index in [1.54, 1.807) is 6.07 Å². The number of carbonyl (C=O) groups is 1. The van der Waals surface area contributed by atoms with Gasteiger partial charge in [-0.3, -0.25) is 4.90 Å². The summed E-state index contributed by atoms with van der Waals surface area (Å²) in [5.74, 6) is -0.992. The number of aromatic carboxylic acids is 1. The number of furan rings is 1. The van der Waals surface area contributed by atoms with Crippen molar-refractivity contribution in [1.29, 1.82) is 0 Å². The van der Waals surface area contributed by atoms with Crippen LogP contribution in [-0.2, 0) is 11.3 Å². The van der Waals surface area contributed by atoms with Crippen molar-refractivity contribution in [3.8, 4) is 0 Å². The molecule has 1 aliphatic rings. The lowest BCUT2D eigenvalue weighted by Gasteiger charge is -2.47. The van der Waals surface area contributed by atoms with Crippen molar-refractivity contribution in [2.75, 3.05) is 13.1 Å². The maximum Gasteiger partial charge on any atom is 0.372 e. The van der Waals surface area contributed by atoms with E-state index >= 15 is 0 Å². The van der Waals surface area contributed by atoms with E-state index in [-0.39, 0.29) is 17.0 Å². The fourth-order valence-electron chi connectivity index (χ4n) is 2.95. The summed E-state index contributed by atoms with van der Waals surface area (Å²) in [7, 11) is 0. The van der Waals surface area contributed by atoms with E-state index in [9.17, 15) is 4.79 Å². The van der Waals surface area contributed by atoms with E-state index in [1.165, 1.54) is 6.26 Å². The Labute approximate surface area is 113 Å². The summed E-state index contributed by atoms with van der Waals surface area (Å²) < 4.78 is 11.0. The third-order valence-corrected chi connectivity index (χ3v) is 3.10. The fraction of sp³-hybridized carbons (Fsp3) is 0.643. The highest BCUT2D eigenvalue weighted by atomic mass is 16.5. The molecule has 0 spiro atoms. The maximum atomic E-state index is 11.0. The molecule has 19 heavy (non-hydrogen) atoms. The zero-order valence-electron chi connectivity index (χ0n) is 11.9. The van der Waals surface area contributed by atoms with Gasteiger partial charge in [0.1, 0.15) is 0 Å². The Morgan fingerprint density at radius 2 is 1.89 bits per heavy atom. The molecule has 106 valence electrons. The third kappa shape index (κ3) is 3.36. The third-order valence-electron chi connectivity index (χ3n) is 3.10. The molecule has 5 nitrogen and oxygen atoms in total. The molecule has 2 rings (SSSR count). The van der Waals surface area contributed by atoms with Gasteiger partial charge in [-0.15, -0.1) is 0 Å². The Morgan fingerprint density at radius 3 is 2.42 bits per heavy atom. The predicted octanol–water partition coefficient (Wildman–Crippen LogP) is 2.37. The number of morpholine rings is 1. The van der Waals surface area contributed by atoms with Gasteiger partial charge in [0.2, 0.25) is 5.76 Å². The first-order valence-electron chi connectivity index (χ1n) is 6.41. The summed E-state index contributed by atoms with van der Waals surface area (Å²) in [6.45, 7) is 10.3. The van der Waals surface area contributed by atoms with Crippen molar-refractivity contribution in [2.24, 2.45) is 0 Å². The molecule has 0 radical (unpaired) electrons. The number of rotatable bonds is 3. The maximum absolute atomic E-state index is 11.0. The topological polar surface area (TPSA) is 62.9 Å². The summed E-state index contributed by atoms with van der Waals surface area (Å²) in [4.78, 5) is 13.3. The van der Waals surface area contributed by atoms with Gasteiger partial charge < -0.3 is 14.3 Å². The van der Waals surface area contributed by atoms with Crippen LogP contribution in [0.4, 0.5) is 0 Å². The molecule has 1 saturated heterocycles. The van der Waals surface area contributed by atoms with Gasteiger partial charge in [-0.1, -0.05) is 0 Å². The van der Waals surface area contributed by atoms with Gasteiger partial charge >= 0.3 is 5.97 Å². The highest BCUT2D eigenvalue weighted by molar-refractivity contribution is 5.86. The largest absolute Gasteiger partial charge is 0.475 e. The zero-order chi connectivity index (χ0) is 14.3. The van der Waals surface area contributed by atoms with Crippen LogP contribution in [0.2, 0.25) is 0 Å². The van der Waals surface area contributed by atoms with Crippen molar-refractivity contribution in [3.63, 3.8) is 0 Å². The van der Waals surface area contributed by atoms with Crippen molar-refractivity contribution in [3.05, 3.63) is 23.7 Å². The molecule has 1 fully saturated rings. The first kappa shape index (κ1) is 14.1. The smallest absolute Gasteiger partial charge is 0.372 e. The summed E-state index contributed by atoms with van der Waals surface area (Å²) in [6, 6.07) is 1.72. The van der Waals surface area contributed by atoms with Gasteiger partial charge in [-0.25, -0.2) is 4.79 Å². The van der Waals surface area contributed by atoms with Crippen LogP contribution in [0.15, 0.2) is 16.7 Å². The van der Waals surface area contributed by atoms with Gasteiger partial charge in [-0.2, -0.15) is 0 Å². The number of ether oxygens (including phenoxy) is 1. The minimum atomic E-state index is -1.02. The molecule has 0 bridgehead atoms. The summed E-state index contributed by atoms with van der Waals surface area (Å²) >= 11 is 0. The molecule has 0 aromatic carbocycles. The number of nitrogens with zero attached hydrogens (tertiary/aromatic N) is 1. The lowest BCUT2D eigenvalue weighted by molar-refractivity contribution is -0.182. The Morgan fingerprint density at radius 1 is 1.32 bits per heavy atom. The van der Waals surface area contributed by atoms with Gasteiger partial charge in [0.15, 0.2) is 0 Å². The summed E-state index contributed by atoms with van der Waals surface area (Å²) in [5.41, 5.74) is 0.227.